The van der Waals surface area contributed by atoms with E-state index in [4.69, 9.17) is 0 Å². The fraction of sp³-hybridized carbons (Fsp3) is 0.800. The van der Waals surface area contributed by atoms with Gasteiger partial charge in [0.25, 0.3) is 0 Å². The monoisotopic (exact) mass is 200 g/mol. The molecule has 0 aliphatic heterocycles. The average Bonchev–Trinajstić information content (AvgIpc) is 2.26. The van der Waals surface area contributed by atoms with E-state index in [1.165, 1.54) is 22.7 Å². The lowest BCUT2D eigenvalue weighted by Gasteiger charge is -2.35. The van der Waals surface area contributed by atoms with Crippen molar-refractivity contribution in [3.05, 3.63) is 9.81 Å². The summed E-state index contributed by atoms with van der Waals surface area (Å²) in [5, 5.41) is 0. The number of allylic oxidation sites excluding steroid dienone is 2. The molecule has 2 unspecified atom stereocenters. The first-order valence-electron chi connectivity index (χ1n) is 4.54. The van der Waals surface area contributed by atoms with Gasteiger partial charge < -0.3 is 0 Å². The van der Waals surface area contributed by atoms with Gasteiger partial charge in [0.1, 0.15) is 0 Å². The van der Waals surface area contributed by atoms with Crippen LogP contribution in [0.5, 0.6) is 0 Å². The van der Waals surface area contributed by atoms with Gasteiger partial charge in [-0.25, -0.2) is 0 Å². The standard InChI is InChI=1S/C10H16S2/c1-9(2)6-4-5-10(9,3)8(12)7(6)11/h6,11-12H,4-5H2,1-3H3. The van der Waals surface area contributed by atoms with E-state index in [0.29, 0.717) is 16.7 Å². The van der Waals surface area contributed by atoms with Crippen LogP contribution in [-0.4, -0.2) is 0 Å². The first kappa shape index (κ1) is 9.01. The summed E-state index contributed by atoms with van der Waals surface area (Å²) < 4.78 is 0. The zero-order valence-corrected chi connectivity index (χ0v) is 9.67. The van der Waals surface area contributed by atoms with E-state index in [1.807, 2.05) is 0 Å². The predicted molar refractivity (Wildman–Crippen MR) is 59.6 cm³/mol. The summed E-state index contributed by atoms with van der Waals surface area (Å²) in [6, 6.07) is 0. The fourth-order valence-corrected chi connectivity index (χ4v) is 4.10. The number of rotatable bonds is 0. The maximum Gasteiger partial charge on any atom is 0.00472 e. The van der Waals surface area contributed by atoms with Crippen molar-refractivity contribution in [3.8, 4) is 0 Å². The van der Waals surface area contributed by atoms with E-state index in [2.05, 4.69) is 46.0 Å². The van der Waals surface area contributed by atoms with Crippen molar-refractivity contribution in [2.75, 3.05) is 0 Å². The largest absolute Gasteiger partial charge is 0.147 e. The molecule has 2 atom stereocenters. The Bertz CT molecular complexity index is 265. The van der Waals surface area contributed by atoms with Crippen molar-refractivity contribution in [1.29, 1.82) is 0 Å². The number of hydrogen-bond donors (Lipinski definition) is 2. The highest BCUT2D eigenvalue weighted by Crippen LogP contribution is 2.69. The van der Waals surface area contributed by atoms with Crippen LogP contribution in [0.4, 0.5) is 0 Å². The quantitative estimate of drug-likeness (QED) is 0.549. The Labute approximate surface area is 85.6 Å². The van der Waals surface area contributed by atoms with Gasteiger partial charge in [-0.2, -0.15) is 0 Å². The van der Waals surface area contributed by atoms with Crippen LogP contribution in [0.2, 0.25) is 0 Å². The molecule has 2 aliphatic carbocycles. The summed E-state index contributed by atoms with van der Waals surface area (Å²) >= 11 is 9.16. The first-order valence-corrected chi connectivity index (χ1v) is 5.43. The molecule has 2 aliphatic rings. The lowest BCUT2D eigenvalue weighted by Crippen LogP contribution is -2.28. The minimum absolute atomic E-state index is 0.303. The van der Waals surface area contributed by atoms with E-state index in [1.54, 1.807) is 0 Å². The fourth-order valence-electron chi connectivity index (χ4n) is 2.85. The Kier molecular flexibility index (Phi) is 1.70. The minimum Gasteiger partial charge on any atom is -0.147 e. The van der Waals surface area contributed by atoms with Crippen LogP contribution >= 0.6 is 25.3 Å². The zero-order chi connectivity index (χ0) is 9.15. The Morgan fingerprint density at radius 3 is 2.08 bits per heavy atom. The van der Waals surface area contributed by atoms with Gasteiger partial charge in [-0.15, -0.1) is 25.3 Å². The molecule has 1 saturated carbocycles. The molecule has 0 amide bonds. The van der Waals surface area contributed by atoms with E-state index >= 15 is 0 Å². The van der Waals surface area contributed by atoms with E-state index < -0.39 is 0 Å². The molecule has 0 aromatic rings. The summed E-state index contributed by atoms with van der Waals surface area (Å²) in [6.07, 6.45) is 2.58. The van der Waals surface area contributed by atoms with Crippen molar-refractivity contribution in [3.63, 3.8) is 0 Å². The summed E-state index contributed by atoms with van der Waals surface area (Å²) in [4.78, 5) is 2.49. The van der Waals surface area contributed by atoms with Crippen LogP contribution in [0, 0.1) is 16.7 Å². The number of fused-ring (bicyclic) bond motifs is 2. The summed E-state index contributed by atoms with van der Waals surface area (Å²) in [5.74, 6) is 0.665. The smallest absolute Gasteiger partial charge is 0.00472 e. The van der Waals surface area contributed by atoms with Gasteiger partial charge in [0, 0.05) is 5.41 Å². The summed E-state index contributed by atoms with van der Waals surface area (Å²) in [5.41, 5.74) is 0.680. The molecule has 0 aromatic heterocycles. The molecule has 0 radical (unpaired) electrons. The highest BCUT2D eigenvalue weighted by molar-refractivity contribution is 7.88. The van der Waals surface area contributed by atoms with Crippen LogP contribution in [0.25, 0.3) is 0 Å². The van der Waals surface area contributed by atoms with Crippen molar-refractivity contribution in [2.45, 2.75) is 33.6 Å². The van der Waals surface area contributed by atoms with Crippen molar-refractivity contribution >= 4 is 25.3 Å². The lowest BCUT2D eigenvalue weighted by atomic mass is 9.70. The zero-order valence-electron chi connectivity index (χ0n) is 7.89. The van der Waals surface area contributed by atoms with Gasteiger partial charge in [-0.3, -0.25) is 0 Å². The summed E-state index contributed by atoms with van der Waals surface area (Å²) in [6.45, 7) is 7.03. The molecule has 0 nitrogen and oxygen atoms in total. The molecule has 0 heterocycles. The Morgan fingerprint density at radius 2 is 1.83 bits per heavy atom. The van der Waals surface area contributed by atoms with Crippen LogP contribution < -0.4 is 0 Å². The van der Waals surface area contributed by atoms with Gasteiger partial charge >= 0.3 is 0 Å². The second-order valence-corrected chi connectivity index (χ2v) is 5.81. The number of thiol groups is 2. The van der Waals surface area contributed by atoms with Crippen LogP contribution in [0.3, 0.4) is 0 Å². The Balaban J connectivity index is 2.56. The van der Waals surface area contributed by atoms with E-state index in [-0.39, 0.29) is 0 Å². The first-order chi connectivity index (χ1) is 5.41. The molecule has 12 heavy (non-hydrogen) atoms. The molecule has 2 bridgehead atoms. The Hall–Kier alpha value is 0.440. The van der Waals surface area contributed by atoms with Crippen molar-refractivity contribution in [2.24, 2.45) is 16.7 Å². The second-order valence-electron chi connectivity index (χ2n) is 4.88. The van der Waals surface area contributed by atoms with Crippen LogP contribution in [-0.2, 0) is 0 Å². The molecule has 0 aromatic carbocycles. The molecular weight excluding hydrogens is 184 g/mol. The predicted octanol–water partition coefficient (Wildman–Crippen LogP) is 3.51. The molecule has 0 spiro atoms. The van der Waals surface area contributed by atoms with E-state index in [0.717, 1.165) is 0 Å². The van der Waals surface area contributed by atoms with Gasteiger partial charge in [0.05, 0.1) is 0 Å². The maximum atomic E-state index is 4.60. The van der Waals surface area contributed by atoms with Gasteiger partial charge in [-0.05, 0) is 34.0 Å². The third-order valence-electron chi connectivity index (χ3n) is 4.32. The average molecular weight is 200 g/mol. The molecule has 0 N–H and O–H groups in total. The molecule has 2 rings (SSSR count). The third kappa shape index (κ3) is 0.741. The minimum atomic E-state index is 0.303. The van der Waals surface area contributed by atoms with Gasteiger partial charge in [0.2, 0.25) is 0 Å². The number of hydrogen-bond acceptors (Lipinski definition) is 2. The molecule has 1 fully saturated rings. The van der Waals surface area contributed by atoms with Crippen LogP contribution in [0.15, 0.2) is 9.81 Å². The van der Waals surface area contributed by atoms with Crippen LogP contribution in [0.1, 0.15) is 33.6 Å². The second kappa shape index (κ2) is 2.27. The van der Waals surface area contributed by atoms with E-state index in [9.17, 15) is 0 Å². The third-order valence-corrected chi connectivity index (χ3v) is 5.77. The highest BCUT2D eigenvalue weighted by Gasteiger charge is 2.59. The van der Waals surface area contributed by atoms with Crippen molar-refractivity contribution < 1.29 is 0 Å². The Morgan fingerprint density at radius 1 is 1.25 bits per heavy atom. The molecule has 2 heteroatoms. The normalized spacial score (nSPS) is 44.2. The molecular formula is C10H16S2. The van der Waals surface area contributed by atoms with Gasteiger partial charge in [0.15, 0.2) is 0 Å². The molecule has 68 valence electrons. The maximum absolute atomic E-state index is 4.60. The highest BCUT2D eigenvalue weighted by atomic mass is 32.1. The van der Waals surface area contributed by atoms with Gasteiger partial charge in [-0.1, -0.05) is 20.8 Å². The van der Waals surface area contributed by atoms with Crippen molar-refractivity contribution in [1.82, 2.24) is 0 Å². The SMILES string of the molecule is CC12CCC(C(S)=C1S)C2(C)C. The topological polar surface area (TPSA) is 0 Å². The molecule has 0 saturated heterocycles. The summed E-state index contributed by atoms with van der Waals surface area (Å²) in [7, 11) is 0. The lowest BCUT2D eigenvalue weighted by molar-refractivity contribution is 0.178.